The highest BCUT2D eigenvalue weighted by atomic mass is 32.2. The second kappa shape index (κ2) is 6.28. The summed E-state index contributed by atoms with van der Waals surface area (Å²) in [5.41, 5.74) is 1.66. The van der Waals surface area contributed by atoms with Crippen LogP contribution in [-0.2, 0) is 10.0 Å². The number of nitrogens with zero attached hydrogens (tertiary/aromatic N) is 1. The lowest BCUT2D eigenvalue weighted by Crippen LogP contribution is -2.32. The molecule has 1 heterocycles. The van der Waals surface area contributed by atoms with Gasteiger partial charge in [-0.2, -0.15) is 0 Å². The van der Waals surface area contributed by atoms with Crippen LogP contribution in [0.2, 0.25) is 0 Å². The number of benzene rings is 2. The van der Waals surface area contributed by atoms with Crippen molar-refractivity contribution < 1.29 is 17.9 Å². The molecule has 0 N–H and O–H groups in total. The number of carbonyl (C=O) groups excluding carboxylic acids is 1. The second-order valence-electron chi connectivity index (χ2n) is 5.75. The number of rotatable bonds is 3. The Morgan fingerprint density at radius 3 is 2.58 bits per heavy atom. The molecule has 0 aliphatic carbocycles. The number of fused-ring (bicyclic) bond motifs is 1. The van der Waals surface area contributed by atoms with Gasteiger partial charge in [-0.3, -0.25) is 9.10 Å². The predicted molar refractivity (Wildman–Crippen MR) is 92.3 cm³/mol. The van der Waals surface area contributed by atoms with Crippen LogP contribution in [0, 0.1) is 6.92 Å². The molecule has 0 atom stereocenters. The summed E-state index contributed by atoms with van der Waals surface area (Å²) >= 11 is 0. The van der Waals surface area contributed by atoms with Crippen LogP contribution in [0.5, 0.6) is 5.75 Å². The van der Waals surface area contributed by atoms with Crippen molar-refractivity contribution in [1.82, 2.24) is 0 Å². The molecule has 5 nitrogen and oxygen atoms in total. The van der Waals surface area contributed by atoms with Gasteiger partial charge in [0.25, 0.3) is 10.0 Å². The van der Waals surface area contributed by atoms with Gasteiger partial charge in [-0.05, 0) is 49.2 Å². The van der Waals surface area contributed by atoms with Gasteiger partial charge < -0.3 is 4.74 Å². The Bertz CT molecular complexity index is 890. The minimum absolute atomic E-state index is 0.0192. The Morgan fingerprint density at radius 2 is 1.88 bits per heavy atom. The summed E-state index contributed by atoms with van der Waals surface area (Å²) in [5, 5.41) is 0. The molecule has 0 fully saturated rings. The zero-order valence-electron chi connectivity index (χ0n) is 13.7. The lowest BCUT2D eigenvalue weighted by molar-refractivity contribution is 0.0984. The van der Waals surface area contributed by atoms with E-state index in [2.05, 4.69) is 0 Å². The van der Waals surface area contributed by atoms with E-state index in [-0.39, 0.29) is 17.2 Å². The maximum Gasteiger partial charge on any atom is 0.264 e. The van der Waals surface area contributed by atoms with Gasteiger partial charge in [0.05, 0.1) is 17.7 Å². The molecule has 0 saturated carbocycles. The Kier molecular flexibility index (Phi) is 4.32. The third kappa shape index (κ3) is 2.78. The van der Waals surface area contributed by atoms with Crippen molar-refractivity contribution in [3.8, 4) is 5.75 Å². The van der Waals surface area contributed by atoms with Gasteiger partial charge in [0.1, 0.15) is 5.75 Å². The molecule has 0 unspecified atom stereocenters. The fourth-order valence-electron chi connectivity index (χ4n) is 2.95. The van der Waals surface area contributed by atoms with Crippen LogP contribution in [0.25, 0.3) is 0 Å². The first-order valence-electron chi connectivity index (χ1n) is 7.75. The Hall–Kier alpha value is -2.34. The highest BCUT2D eigenvalue weighted by molar-refractivity contribution is 7.92. The van der Waals surface area contributed by atoms with E-state index in [1.165, 1.54) is 10.4 Å². The lowest BCUT2D eigenvalue weighted by Gasteiger charge is -2.24. The SMILES string of the molecule is COc1ccc(S(=O)(=O)N2CCCC(=O)c3ccccc32)cc1C. The fourth-order valence-corrected chi connectivity index (χ4v) is 4.56. The van der Waals surface area contributed by atoms with Gasteiger partial charge in [0, 0.05) is 18.5 Å². The largest absolute Gasteiger partial charge is 0.496 e. The quantitative estimate of drug-likeness (QED) is 0.857. The average molecular weight is 345 g/mol. The smallest absolute Gasteiger partial charge is 0.264 e. The molecule has 0 radical (unpaired) electrons. The molecule has 126 valence electrons. The van der Waals surface area contributed by atoms with E-state index in [9.17, 15) is 13.2 Å². The summed E-state index contributed by atoms with van der Waals surface area (Å²) in [6.45, 7) is 2.09. The van der Waals surface area contributed by atoms with Crippen LogP contribution >= 0.6 is 0 Å². The number of hydrogen-bond donors (Lipinski definition) is 0. The average Bonchev–Trinajstić information content (AvgIpc) is 2.74. The predicted octanol–water partition coefficient (Wildman–Crippen LogP) is 3.18. The van der Waals surface area contributed by atoms with E-state index in [0.717, 1.165) is 5.56 Å². The molecular formula is C18H19NO4S. The summed E-state index contributed by atoms with van der Waals surface area (Å²) in [6.07, 6.45) is 0.854. The minimum Gasteiger partial charge on any atom is -0.496 e. The highest BCUT2D eigenvalue weighted by Gasteiger charge is 2.30. The lowest BCUT2D eigenvalue weighted by atomic mass is 10.1. The Labute approximate surface area is 141 Å². The normalized spacial score (nSPS) is 14.9. The molecule has 0 aromatic heterocycles. The molecule has 3 rings (SSSR count). The van der Waals surface area contributed by atoms with E-state index in [4.69, 9.17) is 4.74 Å². The molecule has 0 saturated heterocycles. The number of anilines is 1. The number of Topliss-reactive ketones (excluding diaryl/α,β-unsaturated/α-hetero) is 1. The number of sulfonamides is 1. The van der Waals surface area contributed by atoms with Gasteiger partial charge in [0.2, 0.25) is 0 Å². The Balaban J connectivity index is 2.11. The van der Waals surface area contributed by atoms with Crippen molar-refractivity contribution in [2.24, 2.45) is 0 Å². The molecule has 0 amide bonds. The van der Waals surface area contributed by atoms with Crippen LogP contribution in [0.3, 0.4) is 0 Å². The van der Waals surface area contributed by atoms with E-state index in [1.54, 1.807) is 50.4 Å². The van der Waals surface area contributed by atoms with Crippen molar-refractivity contribution in [2.45, 2.75) is 24.7 Å². The zero-order chi connectivity index (χ0) is 17.3. The fraction of sp³-hybridized carbons (Fsp3) is 0.278. The van der Waals surface area contributed by atoms with Crippen LogP contribution in [0.1, 0.15) is 28.8 Å². The third-order valence-corrected chi connectivity index (χ3v) is 6.00. The van der Waals surface area contributed by atoms with Crippen molar-refractivity contribution in [1.29, 1.82) is 0 Å². The van der Waals surface area contributed by atoms with Crippen molar-refractivity contribution in [3.05, 3.63) is 53.6 Å². The maximum absolute atomic E-state index is 13.1. The number of ether oxygens (including phenoxy) is 1. The summed E-state index contributed by atoms with van der Waals surface area (Å²) in [6, 6.07) is 11.7. The standard InChI is InChI=1S/C18H19NO4S/c1-13-12-14(9-10-18(13)23-2)24(21,22)19-11-5-8-17(20)15-6-3-4-7-16(15)19/h3-4,6-7,9-10,12H,5,8,11H2,1-2H3. The first-order chi connectivity index (χ1) is 11.4. The van der Waals surface area contributed by atoms with Crippen LogP contribution in [0.4, 0.5) is 5.69 Å². The minimum atomic E-state index is -3.74. The van der Waals surface area contributed by atoms with Gasteiger partial charge in [-0.15, -0.1) is 0 Å². The Morgan fingerprint density at radius 1 is 1.12 bits per heavy atom. The zero-order valence-corrected chi connectivity index (χ0v) is 14.5. The van der Waals surface area contributed by atoms with Gasteiger partial charge in [-0.25, -0.2) is 8.42 Å². The monoisotopic (exact) mass is 345 g/mol. The molecule has 1 aliphatic heterocycles. The van der Waals surface area contributed by atoms with Gasteiger partial charge in [-0.1, -0.05) is 12.1 Å². The number of ketones is 1. The van der Waals surface area contributed by atoms with Crippen molar-refractivity contribution in [2.75, 3.05) is 18.0 Å². The molecule has 24 heavy (non-hydrogen) atoms. The van der Waals surface area contributed by atoms with Crippen molar-refractivity contribution >= 4 is 21.5 Å². The second-order valence-corrected chi connectivity index (χ2v) is 7.61. The molecule has 0 bridgehead atoms. The molecule has 1 aliphatic rings. The summed E-state index contributed by atoms with van der Waals surface area (Å²) < 4.78 is 32.8. The highest BCUT2D eigenvalue weighted by Crippen LogP contribution is 2.32. The number of para-hydroxylation sites is 1. The van der Waals surface area contributed by atoms with Gasteiger partial charge in [0.15, 0.2) is 5.78 Å². The molecular weight excluding hydrogens is 326 g/mol. The van der Waals surface area contributed by atoms with Crippen LogP contribution in [-0.4, -0.2) is 27.9 Å². The topological polar surface area (TPSA) is 63.7 Å². The van der Waals surface area contributed by atoms with E-state index in [1.807, 2.05) is 0 Å². The molecule has 0 spiro atoms. The summed E-state index contributed by atoms with van der Waals surface area (Å²) in [7, 11) is -2.20. The number of carbonyl (C=O) groups is 1. The van der Waals surface area contributed by atoms with E-state index < -0.39 is 10.0 Å². The van der Waals surface area contributed by atoms with Crippen molar-refractivity contribution in [3.63, 3.8) is 0 Å². The van der Waals surface area contributed by atoms with Crippen LogP contribution in [0.15, 0.2) is 47.4 Å². The third-order valence-electron chi connectivity index (χ3n) is 4.19. The van der Waals surface area contributed by atoms with Gasteiger partial charge >= 0.3 is 0 Å². The van der Waals surface area contributed by atoms with E-state index >= 15 is 0 Å². The van der Waals surface area contributed by atoms with Crippen LogP contribution < -0.4 is 9.04 Å². The van der Waals surface area contributed by atoms with E-state index in [0.29, 0.717) is 29.8 Å². The molecule has 6 heteroatoms. The number of aryl methyl sites for hydroxylation is 1. The summed E-state index contributed by atoms with van der Waals surface area (Å²) in [5.74, 6) is 0.620. The summed E-state index contributed by atoms with van der Waals surface area (Å²) in [4.78, 5) is 12.4. The number of hydrogen-bond acceptors (Lipinski definition) is 4. The number of methoxy groups -OCH3 is 1. The first-order valence-corrected chi connectivity index (χ1v) is 9.19. The first kappa shape index (κ1) is 16.5. The molecule has 2 aromatic carbocycles. The molecule has 2 aromatic rings. The maximum atomic E-state index is 13.1.